The van der Waals surface area contributed by atoms with Crippen molar-refractivity contribution in [3.8, 4) is 0 Å². The Balaban J connectivity index is 1.52. The lowest BCUT2D eigenvalue weighted by molar-refractivity contribution is 0.181. The molecule has 2 aromatic rings. The molecule has 0 radical (unpaired) electrons. The first-order chi connectivity index (χ1) is 9.35. The van der Waals surface area contributed by atoms with Gasteiger partial charge >= 0.3 is 0 Å². The summed E-state index contributed by atoms with van der Waals surface area (Å²) < 4.78 is 5.24. The minimum absolute atomic E-state index is 0.629. The smallest absolute Gasteiger partial charge is 0.240 e. The molecular formula is C13H19N5O. The van der Waals surface area contributed by atoms with E-state index in [2.05, 4.69) is 25.2 Å². The summed E-state index contributed by atoms with van der Waals surface area (Å²) in [5.41, 5.74) is 1.32. The highest BCUT2D eigenvalue weighted by molar-refractivity contribution is 5.11. The number of aromatic amines is 1. The number of likely N-dealkylation sites (tertiary alicyclic amines) is 1. The Morgan fingerprint density at radius 2 is 2.26 bits per heavy atom. The molecule has 1 aliphatic heterocycles. The Bertz CT molecular complexity index is 499. The first-order valence-electron chi connectivity index (χ1n) is 6.87. The summed E-state index contributed by atoms with van der Waals surface area (Å²) in [7, 11) is 0. The first kappa shape index (κ1) is 12.3. The van der Waals surface area contributed by atoms with Crippen molar-refractivity contribution < 1.29 is 4.52 Å². The van der Waals surface area contributed by atoms with E-state index in [4.69, 9.17) is 4.52 Å². The van der Waals surface area contributed by atoms with E-state index < -0.39 is 0 Å². The van der Waals surface area contributed by atoms with Crippen molar-refractivity contribution in [3.63, 3.8) is 0 Å². The second-order valence-electron chi connectivity index (χ2n) is 5.04. The Kier molecular flexibility index (Phi) is 3.59. The fourth-order valence-electron chi connectivity index (χ4n) is 2.60. The van der Waals surface area contributed by atoms with Gasteiger partial charge in [-0.15, -0.1) is 0 Å². The molecule has 6 heteroatoms. The van der Waals surface area contributed by atoms with Gasteiger partial charge in [0.15, 0.2) is 5.82 Å². The molecule has 102 valence electrons. The topological polar surface area (TPSA) is 70.8 Å². The van der Waals surface area contributed by atoms with Crippen molar-refractivity contribution in [1.82, 2.24) is 25.2 Å². The summed E-state index contributed by atoms with van der Waals surface area (Å²) in [6.07, 6.45) is 7.09. The normalized spacial score (nSPS) is 17.9. The second kappa shape index (κ2) is 5.52. The van der Waals surface area contributed by atoms with Crippen molar-refractivity contribution in [1.29, 1.82) is 0 Å². The average Bonchev–Trinajstić information content (AvgIpc) is 3.10. The van der Waals surface area contributed by atoms with Crippen molar-refractivity contribution in [2.75, 3.05) is 13.1 Å². The van der Waals surface area contributed by atoms with Gasteiger partial charge in [-0.05, 0) is 37.4 Å². The zero-order valence-electron chi connectivity index (χ0n) is 11.2. The van der Waals surface area contributed by atoms with Gasteiger partial charge in [-0.3, -0.25) is 10.00 Å². The number of nitrogens with one attached hydrogen (secondary N) is 1. The third kappa shape index (κ3) is 2.84. The van der Waals surface area contributed by atoms with Crippen LogP contribution in [0, 0.1) is 0 Å². The van der Waals surface area contributed by atoms with Crippen LogP contribution in [-0.2, 0) is 13.0 Å². The summed E-state index contributed by atoms with van der Waals surface area (Å²) in [5, 5.41) is 10.8. The standard InChI is InChI=1S/C13H19N5O/c1-2-12-16-13(19-17-12)9-18-5-3-10(4-6-18)11-7-14-15-8-11/h7-8,10H,2-6,9H2,1H3,(H,14,15). The molecule has 0 unspecified atom stereocenters. The van der Waals surface area contributed by atoms with Gasteiger partial charge < -0.3 is 4.52 Å². The van der Waals surface area contributed by atoms with Crippen LogP contribution in [0.15, 0.2) is 16.9 Å². The highest BCUT2D eigenvalue weighted by Crippen LogP contribution is 2.27. The summed E-state index contributed by atoms with van der Waals surface area (Å²) in [5.74, 6) is 2.16. The van der Waals surface area contributed by atoms with E-state index in [0.29, 0.717) is 5.92 Å². The number of aryl methyl sites for hydroxylation is 1. The van der Waals surface area contributed by atoms with Crippen LogP contribution in [0.2, 0.25) is 0 Å². The molecule has 0 atom stereocenters. The number of aromatic nitrogens is 4. The second-order valence-corrected chi connectivity index (χ2v) is 5.04. The maximum Gasteiger partial charge on any atom is 0.240 e. The number of rotatable bonds is 4. The summed E-state index contributed by atoms with van der Waals surface area (Å²) >= 11 is 0. The van der Waals surface area contributed by atoms with Gasteiger partial charge in [0.2, 0.25) is 5.89 Å². The molecule has 1 aliphatic rings. The Morgan fingerprint density at radius 1 is 1.42 bits per heavy atom. The highest BCUT2D eigenvalue weighted by atomic mass is 16.5. The number of piperidine rings is 1. The molecule has 6 nitrogen and oxygen atoms in total. The summed E-state index contributed by atoms with van der Waals surface area (Å²) in [6, 6.07) is 0. The molecule has 0 saturated carbocycles. The van der Waals surface area contributed by atoms with E-state index >= 15 is 0 Å². The minimum atomic E-state index is 0.629. The van der Waals surface area contributed by atoms with Gasteiger partial charge in [0.1, 0.15) is 0 Å². The lowest BCUT2D eigenvalue weighted by atomic mass is 9.92. The molecular weight excluding hydrogens is 242 g/mol. The fraction of sp³-hybridized carbons (Fsp3) is 0.615. The van der Waals surface area contributed by atoms with Crippen LogP contribution >= 0.6 is 0 Å². The predicted octanol–water partition coefficient (Wildman–Crippen LogP) is 1.73. The molecule has 0 aromatic carbocycles. The van der Waals surface area contributed by atoms with Crippen molar-refractivity contribution in [2.24, 2.45) is 0 Å². The van der Waals surface area contributed by atoms with Crippen LogP contribution in [0.3, 0.4) is 0 Å². The molecule has 0 spiro atoms. The summed E-state index contributed by atoms with van der Waals surface area (Å²) in [6.45, 7) is 4.94. The Labute approximate surface area is 112 Å². The van der Waals surface area contributed by atoms with E-state index in [0.717, 1.165) is 50.6 Å². The molecule has 0 bridgehead atoms. The van der Waals surface area contributed by atoms with Crippen molar-refractivity contribution >= 4 is 0 Å². The highest BCUT2D eigenvalue weighted by Gasteiger charge is 2.22. The fourth-order valence-corrected chi connectivity index (χ4v) is 2.60. The zero-order valence-corrected chi connectivity index (χ0v) is 11.2. The van der Waals surface area contributed by atoms with Gasteiger partial charge in [0.25, 0.3) is 0 Å². The lowest BCUT2D eigenvalue weighted by Crippen LogP contribution is -2.32. The molecule has 1 saturated heterocycles. The molecule has 19 heavy (non-hydrogen) atoms. The molecule has 2 aromatic heterocycles. The van der Waals surface area contributed by atoms with Crippen LogP contribution in [0.5, 0.6) is 0 Å². The van der Waals surface area contributed by atoms with E-state index in [-0.39, 0.29) is 0 Å². The maximum atomic E-state index is 5.24. The molecule has 1 fully saturated rings. The van der Waals surface area contributed by atoms with Crippen LogP contribution in [0.1, 0.15) is 43.0 Å². The van der Waals surface area contributed by atoms with E-state index in [1.165, 1.54) is 5.56 Å². The molecule has 3 heterocycles. The predicted molar refractivity (Wildman–Crippen MR) is 69.5 cm³/mol. The van der Waals surface area contributed by atoms with Gasteiger partial charge in [0.05, 0.1) is 12.7 Å². The average molecular weight is 261 g/mol. The molecule has 3 rings (SSSR count). The number of hydrogen-bond acceptors (Lipinski definition) is 5. The number of nitrogens with zero attached hydrogens (tertiary/aromatic N) is 4. The quantitative estimate of drug-likeness (QED) is 0.907. The molecule has 0 amide bonds. The number of H-pyrrole nitrogens is 1. The van der Waals surface area contributed by atoms with E-state index in [9.17, 15) is 0 Å². The summed E-state index contributed by atoms with van der Waals surface area (Å²) in [4.78, 5) is 6.74. The largest absolute Gasteiger partial charge is 0.338 e. The van der Waals surface area contributed by atoms with E-state index in [1.54, 1.807) is 0 Å². The van der Waals surface area contributed by atoms with Gasteiger partial charge in [-0.25, -0.2) is 0 Å². The maximum absolute atomic E-state index is 5.24. The van der Waals surface area contributed by atoms with Gasteiger partial charge in [-0.1, -0.05) is 12.1 Å². The van der Waals surface area contributed by atoms with Gasteiger partial charge in [0, 0.05) is 12.6 Å². The monoisotopic (exact) mass is 261 g/mol. The first-order valence-corrected chi connectivity index (χ1v) is 6.87. The van der Waals surface area contributed by atoms with Crippen molar-refractivity contribution in [2.45, 2.75) is 38.6 Å². The number of hydrogen-bond donors (Lipinski definition) is 1. The molecule has 0 aliphatic carbocycles. The van der Waals surface area contributed by atoms with E-state index in [1.807, 2.05) is 19.3 Å². The van der Waals surface area contributed by atoms with Crippen LogP contribution in [-0.4, -0.2) is 38.3 Å². The van der Waals surface area contributed by atoms with Crippen molar-refractivity contribution in [3.05, 3.63) is 29.7 Å². The minimum Gasteiger partial charge on any atom is -0.338 e. The van der Waals surface area contributed by atoms with Crippen LogP contribution < -0.4 is 0 Å². The Morgan fingerprint density at radius 3 is 2.89 bits per heavy atom. The third-order valence-corrected chi connectivity index (χ3v) is 3.76. The van der Waals surface area contributed by atoms with Crippen LogP contribution in [0.4, 0.5) is 0 Å². The SMILES string of the molecule is CCc1noc(CN2CCC(c3cn[nH]c3)CC2)n1. The van der Waals surface area contributed by atoms with Gasteiger partial charge in [-0.2, -0.15) is 10.1 Å². The Hall–Kier alpha value is -1.69. The lowest BCUT2D eigenvalue weighted by Gasteiger charge is -2.30. The molecule has 1 N–H and O–H groups in total. The zero-order chi connectivity index (χ0) is 13.1. The third-order valence-electron chi connectivity index (χ3n) is 3.76. The van der Waals surface area contributed by atoms with Crippen LogP contribution in [0.25, 0.3) is 0 Å².